The van der Waals surface area contributed by atoms with Gasteiger partial charge < -0.3 is 24.0 Å². The van der Waals surface area contributed by atoms with Crippen LogP contribution in [0.5, 0.6) is 5.75 Å². The number of hydrogen-bond donors (Lipinski definition) is 1. The Kier molecular flexibility index (Phi) is 11.8. The van der Waals surface area contributed by atoms with E-state index in [9.17, 15) is 18.0 Å². The highest BCUT2D eigenvalue weighted by molar-refractivity contribution is 7.90. The molecule has 2 bridgehead atoms. The zero-order valence-corrected chi connectivity index (χ0v) is 34.2. The molecule has 300 valence electrons. The maximum atomic E-state index is 13.9. The summed E-state index contributed by atoms with van der Waals surface area (Å²) >= 11 is 6.48. The molecule has 12 nitrogen and oxygen atoms in total. The molecule has 3 heterocycles. The van der Waals surface area contributed by atoms with Crippen molar-refractivity contribution in [3.63, 3.8) is 0 Å². The molecular weight excluding hydrogens is 742 g/mol. The summed E-state index contributed by atoms with van der Waals surface area (Å²) in [6.07, 6.45) is 7.83. The van der Waals surface area contributed by atoms with Crippen molar-refractivity contribution in [3.05, 3.63) is 64.7 Å². The lowest BCUT2D eigenvalue weighted by Gasteiger charge is -2.46. The summed E-state index contributed by atoms with van der Waals surface area (Å²) in [5.74, 6) is 0.192. The number of methoxy groups -OCH3 is 1. The van der Waals surface area contributed by atoms with Crippen molar-refractivity contribution in [2.75, 3.05) is 84.1 Å². The zero-order valence-electron chi connectivity index (χ0n) is 32.6. The van der Waals surface area contributed by atoms with Crippen molar-refractivity contribution >= 4 is 39.3 Å². The Labute approximate surface area is 331 Å². The van der Waals surface area contributed by atoms with E-state index in [0.717, 1.165) is 51.7 Å². The van der Waals surface area contributed by atoms with Gasteiger partial charge in [-0.1, -0.05) is 30.7 Å². The Balaban J connectivity index is 1.24. The first kappa shape index (κ1) is 39.9. The number of ether oxygens (including phenoxy) is 3. The molecule has 3 aliphatic heterocycles. The fourth-order valence-corrected chi connectivity index (χ4v) is 10.5. The third kappa shape index (κ3) is 8.23. The minimum atomic E-state index is -4.23. The van der Waals surface area contributed by atoms with E-state index >= 15 is 0 Å². The zero-order chi connectivity index (χ0) is 39.0. The number of carbonyl (C=O) groups is 2. The fraction of sp³-hybridized carbons (Fsp3) is 0.610. The third-order valence-corrected chi connectivity index (χ3v) is 14.3. The van der Waals surface area contributed by atoms with E-state index in [4.69, 9.17) is 25.8 Å². The number of anilines is 1. The predicted octanol–water partition coefficient (Wildman–Crippen LogP) is 5.08. The number of fused-ring (bicyclic) bond motifs is 4. The van der Waals surface area contributed by atoms with Gasteiger partial charge in [0.2, 0.25) is 0 Å². The van der Waals surface area contributed by atoms with Crippen LogP contribution in [-0.2, 0) is 36.1 Å². The largest absolute Gasteiger partial charge is 0.490 e. The lowest BCUT2D eigenvalue weighted by atomic mass is 9.68. The Hall–Kier alpha value is -3.36. The molecule has 0 unspecified atom stereocenters. The standard InChI is InChI=1S/C41H56ClN5O7S/c1-5-47-17-7-9-36(54-39(49)45-20-18-44(19-21-45)22-23-52-4)33-13-10-30(33)26-46-27-41(16-6-8-29-24-31(42)11-14-34(29)41)28-53-37-15-12-32(25-35(37)46)55(50,51)43-38(48)40(47,2)3/h7,9,11-12,14-15,24-25,30,33,36H,5-6,8,10,13,16-23,26-28H2,1-4H3,(H,43,48)/t30-,33+,36-,41-/m0/s1. The fourth-order valence-electron chi connectivity index (χ4n) is 9.16. The van der Waals surface area contributed by atoms with Crippen LogP contribution < -0.4 is 14.4 Å². The number of halogens is 1. The Morgan fingerprint density at radius 3 is 2.62 bits per heavy atom. The van der Waals surface area contributed by atoms with E-state index in [-0.39, 0.29) is 28.2 Å². The molecule has 0 radical (unpaired) electrons. The number of sulfonamides is 1. The predicted molar refractivity (Wildman–Crippen MR) is 212 cm³/mol. The molecule has 2 aromatic rings. The van der Waals surface area contributed by atoms with Crippen LogP contribution in [0.25, 0.3) is 0 Å². The second kappa shape index (κ2) is 16.2. The molecule has 2 aliphatic carbocycles. The average molecular weight is 798 g/mol. The molecule has 1 saturated heterocycles. The highest BCUT2D eigenvalue weighted by atomic mass is 35.5. The van der Waals surface area contributed by atoms with Gasteiger partial charge >= 0.3 is 6.09 Å². The first-order valence-electron chi connectivity index (χ1n) is 19.8. The SMILES string of the molecule is CCN1CC=C[C@H](OC(=O)N2CCN(CCOC)CC2)[C@@H]2CC[C@H]2CN2C[C@@]3(CCCc4cc(Cl)ccc43)COc3ccc(cc32)S(=O)(=O)NC(=O)C1(C)C. The molecule has 2 fully saturated rings. The van der Waals surface area contributed by atoms with Gasteiger partial charge in [-0.15, -0.1) is 0 Å². The molecule has 1 saturated carbocycles. The van der Waals surface area contributed by atoms with Crippen LogP contribution in [0.4, 0.5) is 10.5 Å². The van der Waals surface area contributed by atoms with Gasteiger partial charge in [-0.05, 0) is 106 Å². The number of nitrogens with zero attached hydrogens (tertiary/aromatic N) is 4. The molecule has 7 rings (SSSR count). The number of piperazine rings is 1. The number of benzene rings is 2. The number of aryl methyl sites for hydroxylation is 1. The number of rotatable bonds is 5. The van der Waals surface area contributed by atoms with Gasteiger partial charge in [0, 0.05) is 75.8 Å². The van der Waals surface area contributed by atoms with Crippen molar-refractivity contribution in [3.8, 4) is 5.75 Å². The van der Waals surface area contributed by atoms with Crippen LogP contribution >= 0.6 is 11.6 Å². The number of carbonyl (C=O) groups excluding carboxylic acids is 2. The topological polar surface area (TPSA) is 121 Å². The summed E-state index contributed by atoms with van der Waals surface area (Å²) in [6, 6.07) is 11.0. The highest BCUT2D eigenvalue weighted by Gasteiger charge is 2.46. The molecule has 55 heavy (non-hydrogen) atoms. The minimum absolute atomic E-state index is 0.00472. The van der Waals surface area contributed by atoms with Crippen LogP contribution in [-0.4, -0.2) is 126 Å². The normalized spacial score (nSPS) is 28.2. The number of amides is 2. The van der Waals surface area contributed by atoms with Crippen LogP contribution in [0.2, 0.25) is 5.02 Å². The molecular formula is C41H56ClN5O7S. The number of likely N-dealkylation sites (N-methyl/N-ethyl adjacent to an activating group) is 1. The van der Waals surface area contributed by atoms with Crippen LogP contribution in [0, 0.1) is 11.8 Å². The monoisotopic (exact) mass is 797 g/mol. The first-order valence-corrected chi connectivity index (χ1v) is 21.7. The Morgan fingerprint density at radius 2 is 1.89 bits per heavy atom. The first-order chi connectivity index (χ1) is 26.3. The smallest absolute Gasteiger partial charge is 0.410 e. The van der Waals surface area contributed by atoms with Gasteiger partial charge in [0.15, 0.2) is 0 Å². The van der Waals surface area contributed by atoms with E-state index in [1.807, 2.05) is 30.0 Å². The van der Waals surface area contributed by atoms with Crippen molar-refractivity contribution < 1.29 is 32.2 Å². The molecule has 5 aliphatic rings. The summed E-state index contributed by atoms with van der Waals surface area (Å²) < 4.78 is 48.5. The molecule has 14 heteroatoms. The van der Waals surface area contributed by atoms with E-state index in [0.29, 0.717) is 68.9 Å². The van der Waals surface area contributed by atoms with Gasteiger partial charge in [0.05, 0.1) is 29.3 Å². The second-order valence-corrected chi connectivity index (χ2v) is 18.5. The highest BCUT2D eigenvalue weighted by Crippen LogP contribution is 2.47. The van der Waals surface area contributed by atoms with Crippen molar-refractivity contribution in [2.45, 2.75) is 74.8 Å². The second-order valence-electron chi connectivity index (χ2n) is 16.4. The molecule has 1 N–H and O–H groups in total. The molecule has 2 aromatic carbocycles. The third-order valence-electron chi connectivity index (χ3n) is 12.8. The summed E-state index contributed by atoms with van der Waals surface area (Å²) in [6.45, 7) is 12.1. The lowest BCUT2D eigenvalue weighted by Crippen LogP contribution is -2.56. The number of nitrogens with one attached hydrogen (secondary N) is 1. The van der Waals surface area contributed by atoms with Crippen LogP contribution in [0.1, 0.15) is 57.6 Å². The van der Waals surface area contributed by atoms with Crippen molar-refractivity contribution in [2.24, 2.45) is 11.8 Å². The van der Waals surface area contributed by atoms with E-state index in [1.54, 1.807) is 38.0 Å². The van der Waals surface area contributed by atoms with Gasteiger partial charge in [0.25, 0.3) is 15.9 Å². The van der Waals surface area contributed by atoms with Gasteiger partial charge in [-0.3, -0.25) is 14.6 Å². The Morgan fingerprint density at radius 1 is 1.09 bits per heavy atom. The van der Waals surface area contributed by atoms with Gasteiger partial charge in [-0.25, -0.2) is 17.9 Å². The van der Waals surface area contributed by atoms with Gasteiger partial charge in [-0.2, -0.15) is 0 Å². The van der Waals surface area contributed by atoms with Crippen LogP contribution in [0.15, 0.2) is 53.4 Å². The maximum absolute atomic E-state index is 13.9. The quantitative estimate of drug-likeness (QED) is 0.410. The molecule has 0 aromatic heterocycles. The average Bonchev–Trinajstić information content (AvgIpc) is 3.30. The van der Waals surface area contributed by atoms with Crippen molar-refractivity contribution in [1.82, 2.24) is 19.4 Å². The maximum Gasteiger partial charge on any atom is 0.410 e. The summed E-state index contributed by atoms with van der Waals surface area (Å²) in [7, 11) is -2.53. The van der Waals surface area contributed by atoms with Crippen molar-refractivity contribution in [1.29, 1.82) is 0 Å². The van der Waals surface area contributed by atoms with E-state index < -0.39 is 27.6 Å². The molecule has 1 spiro atoms. The number of hydrogen-bond acceptors (Lipinski definition) is 10. The lowest BCUT2D eigenvalue weighted by molar-refractivity contribution is -0.129. The van der Waals surface area contributed by atoms with Gasteiger partial charge in [0.1, 0.15) is 11.9 Å². The summed E-state index contributed by atoms with van der Waals surface area (Å²) in [5, 5.41) is 0.708. The van der Waals surface area contributed by atoms with E-state index in [2.05, 4.69) is 26.7 Å². The minimum Gasteiger partial charge on any atom is -0.490 e. The molecule has 2 amide bonds. The van der Waals surface area contributed by atoms with E-state index in [1.165, 1.54) is 17.2 Å². The Bertz CT molecular complexity index is 1880. The molecule has 4 atom stereocenters. The summed E-state index contributed by atoms with van der Waals surface area (Å²) in [5.41, 5.74) is 1.59. The summed E-state index contributed by atoms with van der Waals surface area (Å²) in [4.78, 5) is 35.9. The van der Waals surface area contributed by atoms with Crippen LogP contribution in [0.3, 0.4) is 0 Å².